The van der Waals surface area contributed by atoms with Crippen molar-refractivity contribution in [1.82, 2.24) is 0 Å². The molecule has 1 rings (SSSR count). The summed E-state index contributed by atoms with van der Waals surface area (Å²) in [7, 11) is -0.817. The first kappa shape index (κ1) is 15.0. The zero-order chi connectivity index (χ0) is 13.9. The number of carbonyl (C=O) groups excluding carboxylic acids is 1. The Kier molecular flexibility index (Phi) is 4.75. The van der Waals surface area contributed by atoms with Gasteiger partial charge in [-0.25, -0.2) is 13.2 Å². The fourth-order valence-corrected chi connectivity index (χ4v) is 3.39. The SMILES string of the molecule is CCS(=O)(=O)c1cc(C(=O)OC)c(OC)cc1Br. The number of esters is 1. The number of methoxy groups -OCH3 is 2. The smallest absolute Gasteiger partial charge is 0.341 e. The number of carbonyl (C=O) groups is 1. The molecule has 0 atom stereocenters. The van der Waals surface area contributed by atoms with E-state index in [4.69, 9.17) is 4.74 Å². The fraction of sp³-hybridized carbons (Fsp3) is 0.364. The highest BCUT2D eigenvalue weighted by Crippen LogP contribution is 2.31. The number of ether oxygens (including phenoxy) is 2. The van der Waals surface area contributed by atoms with Crippen LogP contribution < -0.4 is 4.74 Å². The molecule has 1 aromatic rings. The second-order valence-electron chi connectivity index (χ2n) is 3.38. The summed E-state index contributed by atoms with van der Waals surface area (Å²) < 4.78 is 33.7. The highest BCUT2D eigenvalue weighted by Gasteiger charge is 2.22. The molecule has 0 aliphatic rings. The van der Waals surface area contributed by atoms with E-state index in [0.717, 1.165) is 0 Å². The summed E-state index contributed by atoms with van der Waals surface area (Å²) in [6.45, 7) is 1.53. The molecule has 0 unspecified atom stereocenters. The minimum Gasteiger partial charge on any atom is -0.496 e. The minimum atomic E-state index is -3.43. The maximum atomic E-state index is 11.9. The van der Waals surface area contributed by atoms with Gasteiger partial charge in [-0.15, -0.1) is 0 Å². The van der Waals surface area contributed by atoms with Gasteiger partial charge in [0.25, 0.3) is 0 Å². The van der Waals surface area contributed by atoms with Gasteiger partial charge in [-0.05, 0) is 28.1 Å². The molecular weight excluding hydrogens is 324 g/mol. The van der Waals surface area contributed by atoms with Crippen molar-refractivity contribution in [2.75, 3.05) is 20.0 Å². The van der Waals surface area contributed by atoms with Gasteiger partial charge in [0, 0.05) is 4.47 Å². The fourth-order valence-electron chi connectivity index (χ4n) is 1.37. The first-order valence-corrected chi connectivity index (χ1v) is 7.50. The Morgan fingerprint density at radius 3 is 2.39 bits per heavy atom. The summed E-state index contributed by atoms with van der Waals surface area (Å²) in [6, 6.07) is 2.70. The van der Waals surface area contributed by atoms with Gasteiger partial charge in [0.05, 0.1) is 24.9 Å². The number of hydrogen-bond acceptors (Lipinski definition) is 5. The van der Waals surface area contributed by atoms with Crippen LogP contribution in [0.4, 0.5) is 0 Å². The Morgan fingerprint density at radius 2 is 1.94 bits per heavy atom. The van der Waals surface area contributed by atoms with Crippen LogP contribution in [0.15, 0.2) is 21.5 Å². The highest BCUT2D eigenvalue weighted by atomic mass is 79.9. The average molecular weight is 337 g/mol. The summed E-state index contributed by atoms with van der Waals surface area (Å²) >= 11 is 3.16. The van der Waals surface area contributed by atoms with Crippen molar-refractivity contribution in [2.45, 2.75) is 11.8 Å². The van der Waals surface area contributed by atoms with Crippen molar-refractivity contribution < 1.29 is 22.7 Å². The number of halogens is 1. The largest absolute Gasteiger partial charge is 0.496 e. The van der Waals surface area contributed by atoms with E-state index in [-0.39, 0.29) is 22.0 Å². The Labute approximate surface area is 114 Å². The maximum absolute atomic E-state index is 11.9. The molecule has 0 saturated carbocycles. The summed E-state index contributed by atoms with van der Waals surface area (Å²) in [5, 5.41) is 0. The second-order valence-corrected chi connectivity index (χ2v) is 6.48. The molecule has 18 heavy (non-hydrogen) atoms. The summed E-state index contributed by atoms with van der Waals surface area (Å²) in [5.74, 6) is -0.450. The van der Waals surface area contributed by atoms with E-state index in [0.29, 0.717) is 4.47 Å². The van der Waals surface area contributed by atoms with Crippen LogP contribution >= 0.6 is 15.9 Å². The van der Waals surface area contributed by atoms with Crippen LogP contribution in [-0.4, -0.2) is 34.4 Å². The topological polar surface area (TPSA) is 69.7 Å². The molecule has 0 spiro atoms. The molecule has 0 aliphatic carbocycles. The van der Waals surface area contributed by atoms with Crippen LogP contribution in [-0.2, 0) is 14.6 Å². The number of hydrogen-bond donors (Lipinski definition) is 0. The molecule has 0 radical (unpaired) electrons. The Bertz CT molecular complexity index is 565. The molecule has 0 aliphatic heterocycles. The third kappa shape index (κ3) is 2.84. The lowest BCUT2D eigenvalue weighted by Crippen LogP contribution is -2.09. The van der Waals surface area contributed by atoms with E-state index in [1.165, 1.54) is 33.3 Å². The van der Waals surface area contributed by atoms with Crippen molar-refractivity contribution >= 4 is 31.7 Å². The lowest BCUT2D eigenvalue weighted by atomic mass is 10.2. The van der Waals surface area contributed by atoms with Gasteiger partial charge >= 0.3 is 5.97 Å². The third-order valence-electron chi connectivity index (χ3n) is 2.37. The van der Waals surface area contributed by atoms with Crippen molar-refractivity contribution in [1.29, 1.82) is 0 Å². The predicted molar refractivity (Wildman–Crippen MR) is 69.8 cm³/mol. The van der Waals surface area contributed by atoms with Gasteiger partial charge in [-0.3, -0.25) is 0 Å². The molecular formula is C11H13BrO5S. The molecule has 7 heteroatoms. The van der Waals surface area contributed by atoms with Crippen molar-refractivity contribution in [3.8, 4) is 5.75 Å². The maximum Gasteiger partial charge on any atom is 0.341 e. The first-order chi connectivity index (χ1) is 8.37. The zero-order valence-corrected chi connectivity index (χ0v) is 12.6. The van der Waals surface area contributed by atoms with Crippen LogP contribution in [0.1, 0.15) is 17.3 Å². The van der Waals surface area contributed by atoms with Crippen LogP contribution in [0.5, 0.6) is 5.75 Å². The minimum absolute atomic E-state index is 0.0474. The summed E-state index contributed by atoms with van der Waals surface area (Å²) in [5.41, 5.74) is 0.0789. The molecule has 0 aromatic heterocycles. The Hall–Kier alpha value is -1.08. The number of rotatable bonds is 4. The van der Waals surface area contributed by atoms with E-state index in [1.54, 1.807) is 0 Å². The monoisotopic (exact) mass is 336 g/mol. The van der Waals surface area contributed by atoms with Crippen molar-refractivity contribution in [2.24, 2.45) is 0 Å². The molecule has 0 N–H and O–H groups in total. The van der Waals surface area contributed by atoms with Gasteiger partial charge in [-0.2, -0.15) is 0 Å². The normalized spacial score (nSPS) is 11.1. The molecule has 100 valence electrons. The number of sulfone groups is 1. The van der Waals surface area contributed by atoms with E-state index in [2.05, 4.69) is 20.7 Å². The van der Waals surface area contributed by atoms with Crippen LogP contribution in [0.2, 0.25) is 0 Å². The molecule has 0 fully saturated rings. The molecule has 0 heterocycles. The van der Waals surface area contributed by atoms with Gasteiger partial charge in [0.15, 0.2) is 9.84 Å². The molecule has 0 bridgehead atoms. The second kappa shape index (κ2) is 5.71. The van der Waals surface area contributed by atoms with Crippen LogP contribution in [0.25, 0.3) is 0 Å². The van der Waals surface area contributed by atoms with E-state index < -0.39 is 15.8 Å². The zero-order valence-electron chi connectivity index (χ0n) is 10.2. The third-order valence-corrected chi connectivity index (χ3v) is 5.06. The van der Waals surface area contributed by atoms with Gasteiger partial charge in [0.1, 0.15) is 11.3 Å². The molecule has 1 aromatic carbocycles. The highest BCUT2D eigenvalue weighted by molar-refractivity contribution is 9.10. The lowest BCUT2D eigenvalue weighted by molar-refractivity contribution is 0.0596. The molecule has 0 amide bonds. The van der Waals surface area contributed by atoms with Gasteiger partial charge < -0.3 is 9.47 Å². The van der Waals surface area contributed by atoms with Crippen molar-refractivity contribution in [3.63, 3.8) is 0 Å². The van der Waals surface area contributed by atoms with E-state index in [9.17, 15) is 13.2 Å². The number of benzene rings is 1. The molecule has 0 saturated heterocycles. The van der Waals surface area contributed by atoms with Crippen LogP contribution in [0.3, 0.4) is 0 Å². The van der Waals surface area contributed by atoms with Crippen LogP contribution in [0, 0.1) is 0 Å². The summed E-state index contributed by atoms with van der Waals surface area (Å²) in [6.07, 6.45) is 0. The standard InChI is InChI=1S/C11H13BrO5S/c1-4-18(14,15)10-5-7(11(13)17-3)9(16-2)6-8(10)12/h5-6H,4H2,1-3H3. The Morgan fingerprint density at radius 1 is 1.33 bits per heavy atom. The lowest BCUT2D eigenvalue weighted by Gasteiger charge is -2.11. The van der Waals surface area contributed by atoms with E-state index >= 15 is 0 Å². The first-order valence-electron chi connectivity index (χ1n) is 5.06. The van der Waals surface area contributed by atoms with E-state index in [1.807, 2.05) is 0 Å². The van der Waals surface area contributed by atoms with Crippen molar-refractivity contribution in [3.05, 3.63) is 22.2 Å². The molecule has 5 nitrogen and oxygen atoms in total. The predicted octanol–water partition coefficient (Wildman–Crippen LogP) is 2.04. The summed E-state index contributed by atoms with van der Waals surface area (Å²) in [4.78, 5) is 11.6. The van der Waals surface area contributed by atoms with Gasteiger partial charge in [-0.1, -0.05) is 6.92 Å². The quantitative estimate of drug-likeness (QED) is 0.787. The Balaban J connectivity index is 3.54. The van der Waals surface area contributed by atoms with Gasteiger partial charge in [0.2, 0.25) is 0 Å². The average Bonchev–Trinajstić information content (AvgIpc) is 2.37.